The van der Waals surface area contributed by atoms with Gasteiger partial charge >= 0.3 is 11.0 Å². The highest BCUT2D eigenvalue weighted by molar-refractivity contribution is 8.00. The van der Waals surface area contributed by atoms with Crippen LogP contribution < -0.4 is 5.32 Å². The fraction of sp³-hybridized carbons (Fsp3) is 0.188. The molecule has 0 aromatic heterocycles. The maximum absolute atomic E-state index is 12.4. The van der Waals surface area contributed by atoms with Gasteiger partial charge in [-0.1, -0.05) is 6.07 Å². The van der Waals surface area contributed by atoms with Crippen molar-refractivity contribution in [1.29, 1.82) is 0 Å². The lowest BCUT2D eigenvalue weighted by Crippen LogP contribution is -2.20. The van der Waals surface area contributed by atoms with E-state index in [1.54, 1.807) is 0 Å². The Balaban J connectivity index is 2.13. The van der Waals surface area contributed by atoms with E-state index in [0.717, 1.165) is 24.3 Å². The summed E-state index contributed by atoms with van der Waals surface area (Å²) in [6.45, 7) is 0. The molecule has 0 bridgehead atoms. The van der Waals surface area contributed by atoms with Crippen molar-refractivity contribution in [3.63, 3.8) is 0 Å². The third-order valence-corrected chi connectivity index (χ3v) is 6.02. The van der Waals surface area contributed by atoms with E-state index in [0.29, 0.717) is 6.07 Å². The van der Waals surface area contributed by atoms with Gasteiger partial charge in [0, 0.05) is 21.5 Å². The zero-order valence-electron chi connectivity index (χ0n) is 14.8. The summed E-state index contributed by atoms with van der Waals surface area (Å²) < 4.78 is 87.0. The molecule has 0 saturated carbocycles. The summed E-state index contributed by atoms with van der Waals surface area (Å²) in [5.74, 6) is -1.72. The summed E-state index contributed by atoms with van der Waals surface area (Å²) in [5, 5.41) is 13.4. The van der Waals surface area contributed by atoms with Crippen molar-refractivity contribution < 1.29 is 40.3 Å². The number of nitro groups is 1. The first kappa shape index (κ1) is 25.0. The van der Waals surface area contributed by atoms with Gasteiger partial charge in [-0.2, -0.15) is 26.3 Å². The number of halogens is 6. The first-order valence-electron chi connectivity index (χ1n) is 7.82. The molecule has 0 aliphatic rings. The number of nitrogens with zero attached hydrogens (tertiary/aromatic N) is 1. The minimum absolute atomic E-state index is 0.0253. The SMILES string of the molecule is O=C(CS(=O)c1ccc(SC(F)(F)F)cc1[N+](=O)[O-])Nc1cccc(SC(F)(F)F)c1. The molecule has 168 valence electrons. The van der Waals surface area contributed by atoms with E-state index in [4.69, 9.17) is 0 Å². The van der Waals surface area contributed by atoms with Crippen LogP contribution in [0.15, 0.2) is 57.2 Å². The molecule has 1 atom stereocenters. The Hall–Kier alpha value is -2.26. The topological polar surface area (TPSA) is 89.3 Å². The minimum Gasteiger partial charge on any atom is -0.325 e. The van der Waals surface area contributed by atoms with Crippen LogP contribution >= 0.6 is 23.5 Å². The Kier molecular flexibility index (Phi) is 7.99. The molecule has 15 heteroatoms. The molecule has 2 aromatic rings. The number of anilines is 1. The first-order valence-corrected chi connectivity index (χ1v) is 10.8. The average Bonchev–Trinajstić information content (AvgIpc) is 2.58. The monoisotopic (exact) mass is 504 g/mol. The van der Waals surface area contributed by atoms with E-state index >= 15 is 0 Å². The van der Waals surface area contributed by atoms with E-state index in [9.17, 15) is 45.5 Å². The second kappa shape index (κ2) is 9.91. The molecule has 0 fully saturated rings. The van der Waals surface area contributed by atoms with E-state index in [2.05, 4.69) is 5.32 Å². The quantitative estimate of drug-likeness (QED) is 0.230. The van der Waals surface area contributed by atoms with Crippen molar-refractivity contribution in [3.8, 4) is 0 Å². The first-order chi connectivity index (χ1) is 14.2. The van der Waals surface area contributed by atoms with Gasteiger partial charge in [0.15, 0.2) is 0 Å². The fourth-order valence-corrected chi connectivity index (χ4v) is 4.42. The van der Waals surface area contributed by atoms with Crippen LogP contribution in [0.3, 0.4) is 0 Å². The lowest BCUT2D eigenvalue weighted by Gasteiger charge is -2.10. The largest absolute Gasteiger partial charge is 0.446 e. The summed E-state index contributed by atoms with van der Waals surface area (Å²) in [6, 6.07) is 7.07. The fourth-order valence-electron chi connectivity index (χ4n) is 2.19. The van der Waals surface area contributed by atoms with Crippen LogP contribution in [0.1, 0.15) is 0 Å². The van der Waals surface area contributed by atoms with Crippen LogP contribution in [0.5, 0.6) is 0 Å². The van der Waals surface area contributed by atoms with Gasteiger partial charge in [-0.05, 0) is 53.9 Å². The lowest BCUT2D eigenvalue weighted by molar-refractivity contribution is -0.388. The predicted octanol–water partition coefficient (Wildman–Crippen LogP) is 5.56. The molecule has 1 amide bonds. The molecule has 31 heavy (non-hydrogen) atoms. The average molecular weight is 504 g/mol. The van der Waals surface area contributed by atoms with E-state index < -0.39 is 77.4 Å². The number of amides is 1. The molecule has 0 aliphatic carbocycles. The summed E-state index contributed by atoms with van der Waals surface area (Å²) in [4.78, 5) is 21.0. The number of carbonyl (C=O) groups excluding carboxylic acids is 1. The third-order valence-electron chi connectivity index (χ3n) is 3.22. The van der Waals surface area contributed by atoms with Crippen LogP contribution in [0, 0.1) is 10.1 Å². The van der Waals surface area contributed by atoms with Crippen LogP contribution in [0.2, 0.25) is 0 Å². The maximum atomic E-state index is 12.4. The van der Waals surface area contributed by atoms with E-state index in [1.165, 1.54) is 12.1 Å². The van der Waals surface area contributed by atoms with Gasteiger partial charge in [-0.3, -0.25) is 19.1 Å². The molecule has 0 saturated heterocycles. The van der Waals surface area contributed by atoms with Crippen LogP contribution in [0.4, 0.5) is 37.7 Å². The highest BCUT2D eigenvalue weighted by atomic mass is 32.2. The minimum atomic E-state index is -4.69. The van der Waals surface area contributed by atoms with Crippen molar-refractivity contribution in [2.45, 2.75) is 25.7 Å². The second-order valence-corrected chi connectivity index (χ2v) is 9.24. The summed E-state index contributed by atoms with van der Waals surface area (Å²) >= 11 is -0.996. The number of thioether (sulfide) groups is 2. The van der Waals surface area contributed by atoms with Crippen molar-refractivity contribution >= 4 is 51.6 Å². The van der Waals surface area contributed by atoms with Crippen molar-refractivity contribution in [2.75, 3.05) is 11.1 Å². The number of carbonyl (C=O) groups is 1. The second-order valence-electron chi connectivity index (χ2n) is 5.55. The molecule has 2 rings (SSSR count). The number of hydrogen-bond acceptors (Lipinski definition) is 6. The van der Waals surface area contributed by atoms with E-state index in [-0.39, 0.29) is 10.6 Å². The predicted molar refractivity (Wildman–Crippen MR) is 103 cm³/mol. The van der Waals surface area contributed by atoms with Crippen LogP contribution in [-0.4, -0.2) is 31.8 Å². The molecule has 0 radical (unpaired) electrons. The number of benzene rings is 2. The Morgan fingerprint density at radius 1 is 1.00 bits per heavy atom. The van der Waals surface area contributed by atoms with Gasteiger partial charge in [-0.25, -0.2) is 0 Å². The maximum Gasteiger partial charge on any atom is 0.446 e. The number of alkyl halides is 6. The van der Waals surface area contributed by atoms with Crippen molar-refractivity contribution in [2.24, 2.45) is 0 Å². The summed E-state index contributed by atoms with van der Waals surface area (Å²) in [5.41, 5.74) is -10.1. The van der Waals surface area contributed by atoms with Crippen molar-refractivity contribution in [1.82, 2.24) is 0 Å². The summed E-state index contributed by atoms with van der Waals surface area (Å²) in [6.07, 6.45) is 0. The standard InChI is InChI=1S/C16H10F6N2O4S3/c17-15(18,19)29-10-3-1-2-9(6-10)23-14(25)8-31(28)13-5-4-11(30-16(20,21)22)7-12(13)24(26)27/h1-7H,8H2,(H,23,25). The molecule has 0 spiro atoms. The van der Waals surface area contributed by atoms with Gasteiger partial charge < -0.3 is 5.32 Å². The molecule has 2 aromatic carbocycles. The molecule has 1 N–H and O–H groups in total. The molecule has 0 aliphatic heterocycles. The Morgan fingerprint density at radius 2 is 1.58 bits per heavy atom. The highest BCUT2D eigenvalue weighted by Crippen LogP contribution is 2.39. The van der Waals surface area contributed by atoms with Gasteiger partial charge in [-0.15, -0.1) is 0 Å². The number of nitrogens with one attached hydrogen (secondary N) is 1. The number of nitro benzene ring substituents is 1. The zero-order chi connectivity index (χ0) is 23.4. The lowest BCUT2D eigenvalue weighted by atomic mass is 10.3. The number of rotatable bonds is 7. The van der Waals surface area contributed by atoms with E-state index in [1.807, 2.05) is 0 Å². The van der Waals surface area contributed by atoms with Gasteiger partial charge in [0.25, 0.3) is 5.69 Å². The molecular weight excluding hydrogens is 494 g/mol. The Labute approximate surface area is 181 Å². The van der Waals surface area contributed by atoms with Gasteiger partial charge in [0.2, 0.25) is 5.91 Å². The zero-order valence-corrected chi connectivity index (χ0v) is 17.3. The smallest absolute Gasteiger partial charge is 0.325 e. The van der Waals surface area contributed by atoms with Crippen LogP contribution in [0.25, 0.3) is 0 Å². The van der Waals surface area contributed by atoms with Gasteiger partial charge in [0.1, 0.15) is 10.6 Å². The highest BCUT2D eigenvalue weighted by Gasteiger charge is 2.31. The molecule has 6 nitrogen and oxygen atoms in total. The normalized spacial score (nSPS) is 13.0. The summed E-state index contributed by atoms with van der Waals surface area (Å²) in [7, 11) is -2.30. The molecule has 0 heterocycles. The number of hydrogen-bond donors (Lipinski definition) is 1. The van der Waals surface area contributed by atoms with Crippen LogP contribution in [-0.2, 0) is 15.6 Å². The molecular formula is C16H10F6N2O4S3. The van der Waals surface area contributed by atoms with Gasteiger partial charge in [0.05, 0.1) is 15.7 Å². The Morgan fingerprint density at radius 3 is 2.13 bits per heavy atom. The Bertz CT molecular complexity index is 1010. The third kappa shape index (κ3) is 8.41. The van der Waals surface area contributed by atoms with Crippen molar-refractivity contribution in [3.05, 3.63) is 52.6 Å². The molecule has 1 unspecified atom stereocenters.